The van der Waals surface area contributed by atoms with Crippen molar-refractivity contribution in [2.75, 3.05) is 26.2 Å². The Bertz CT molecular complexity index is 267. The lowest BCUT2D eigenvalue weighted by Crippen LogP contribution is -2.54. The molecule has 0 saturated carbocycles. The lowest BCUT2D eigenvalue weighted by molar-refractivity contribution is -0.145. The van der Waals surface area contributed by atoms with Crippen LogP contribution in [0.2, 0.25) is 0 Å². The molecule has 0 aliphatic carbocycles. The molecule has 1 unspecified atom stereocenters. The summed E-state index contributed by atoms with van der Waals surface area (Å²) in [5.41, 5.74) is 4.96. The van der Waals surface area contributed by atoms with Crippen molar-refractivity contribution in [3.05, 3.63) is 0 Å². The van der Waals surface area contributed by atoms with Gasteiger partial charge < -0.3 is 10.6 Å². The highest BCUT2D eigenvalue weighted by Gasteiger charge is 2.33. The number of nitrogens with zero attached hydrogens (tertiary/aromatic N) is 2. The minimum Gasteiger partial charge on any atom is -0.361 e. The Morgan fingerprint density at radius 3 is 2.71 bits per heavy atom. The third kappa shape index (κ3) is 1.59. The Kier molecular flexibility index (Phi) is 2.41. The molecule has 5 nitrogen and oxygen atoms in total. The summed E-state index contributed by atoms with van der Waals surface area (Å²) < 4.78 is 0. The van der Waals surface area contributed by atoms with Crippen LogP contribution in [-0.2, 0) is 9.59 Å². The molecule has 1 atom stereocenters. The molecule has 78 valence electrons. The van der Waals surface area contributed by atoms with E-state index >= 15 is 0 Å². The molecule has 2 amide bonds. The first-order valence-corrected chi connectivity index (χ1v) is 5.01. The van der Waals surface area contributed by atoms with Gasteiger partial charge in [-0.1, -0.05) is 0 Å². The van der Waals surface area contributed by atoms with Gasteiger partial charge in [0.25, 0.3) is 0 Å². The first-order chi connectivity index (χ1) is 6.68. The number of primary amides is 1. The van der Waals surface area contributed by atoms with Gasteiger partial charge in [-0.25, -0.2) is 0 Å². The summed E-state index contributed by atoms with van der Waals surface area (Å²) >= 11 is 0. The molecule has 0 aromatic heterocycles. The highest BCUT2D eigenvalue weighted by molar-refractivity contribution is 6.34. The zero-order valence-corrected chi connectivity index (χ0v) is 8.11. The maximum Gasteiger partial charge on any atom is 0.311 e. The van der Waals surface area contributed by atoms with E-state index in [1.807, 2.05) is 0 Å². The van der Waals surface area contributed by atoms with Crippen LogP contribution in [0.15, 0.2) is 0 Å². The second-order valence-corrected chi connectivity index (χ2v) is 3.95. The Hall–Kier alpha value is -1.10. The summed E-state index contributed by atoms with van der Waals surface area (Å²) in [6.07, 6.45) is 2.33. The van der Waals surface area contributed by atoms with Crippen LogP contribution >= 0.6 is 0 Å². The van der Waals surface area contributed by atoms with Gasteiger partial charge in [0.1, 0.15) is 0 Å². The number of hydrogen-bond acceptors (Lipinski definition) is 3. The molecule has 2 heterocycles. The fourth-order valence-electron chi connectivity index (χ4n) is 2.33. The van der Waals surface area contributed by atoms with Crippen molar-refractivity contribution in [3.63, 3.8) is 0 Å². The van der Waals surface area contributed by atoms with Gasteiger partial charge in [-0.15, -0.1) is 0 Å². The molecule has 5 heteroatoms. The lowest BCUT2D eigenvalue weighted by Gasteiger charge is -2.36. The van der Waals surface area contributed by atoms with E-state index in [1.54, 1.807) is 4.90 Å². The number of amides is 2. The number of carbonyl (C=O) groups is 2. The Balaban J connectivity index is 1.97. The first-order valence-electron chi connectivity index (χ1n) is 5.01. The van der Waals surface area contributed by atoms with E-state index in [1.165, 1.54) is 6.42 Å². The second kappa shape index (κ2) is 3.57. The van der Waals surface area contributed by atoms with Crippen LogP contribution in [0.1, 0.15) is 12.8 Å². The van der Waals surface area contributed by atoms with Gasteiger partial charge in [-0.2, -0.15) is 0 Å². The zero-order valence-electron chi connectivity index (χ0n) is 8.11. The standard InChI is InChI=1S/C9H15N3O2/c10-8(13)9(14)12-5-4-11-3-1-2-7(11)6-12/h7H,1-6H2,(H2,10,13). The van der Waals surface area contributed by atoms with Crippen LogP contribution in [0.4, 0.5) is 0 Å². The van der Waals surface area contributed by atoms with Crippen molar-refractivity contribution in [2.24, 2.45) is 5.73 Å². The van der Waals surface area contributed by atoms with Crippen molar-refractivity contribution >= 4 is 11.8 Å². The predicted molar refractivity (Wildman–Crippen MR) is 50.4 cm³/mol. The number of rotatable bonds is 0. The molecular formula is C9H15N3O2. The summed E-state index contributed by atoms with van der Waals surface area (Å²) in [7, 11) is 0. The maximum atomic E-state index is 11.3. The van der Waals surface area contributed by atoms with Gasteiger partial charge in [-0.3, -0.25) is 14.5 Å². The van der Waals surface area contributed by atoms with Gasteiger partial charge in [-0.05, 0) is 19.4 Å². The van der Waals surface area contributed by atoms with Gasteiger partial charge in [0.2, 0.25) is 0 Å². The molecule has 2 saturated heterocycles. The molecule has 14 heavy (non-hydrogen) atoms. The van der Waals surface area contributed by atoms with E-state index < -0.39 is 11.8 Å². The fourth-order valence-corrected chi connectivity index (χ4v) is 2.33. The van der Waals surface area contributed by atoms with E-state index in [9.17, 15) is 9.59 Å². The summed E-state index contributed by atoms with van der Waals surface area (Å²) in [5.74, 6) is -1.37. The molecule has 2 rings (SSSR count). The summed E-state index contributed by atoms with van der Waals surface area (Å²) in [5, 5.41) is 0. The van der Waals surface area contributed by atoms with E-state index in [4.69, 9.17) is 5.73 Å². The largest absolute Gasteiger partial charge is 0.361 e. The van der Waals surface area contributed by atoms with Crippen LogP contribution in [0.3, 0.4) is 0 Å². The number of nitrogens with two attached hydrogens (primary N) is 1. The van der Waals surface area contributed by atoms with Crippen LogP contribution < -0.4 is 5.73 Å². The third-order valence-corrected chi connectivity index (χ3v) is 3.09. The molecule has 0 bridgehead atoms. The Morgan fingerprint density at radius 2 is 2.00 bits per heavy atom. The molecule has 2 aliphatic heterocycles. The van der Waals surface area contributed by atoms with Gasteiger partial charge >= 0.3 is 11.8 Å². The van der Waals surface area contributed by atoms with E-state index in [0.717, 1.165) is 19.5 Å². The van der Waals surface area contributed by atoms with Gasteiger partial charge in [0, 0.05) is 25.7 Å². The Labute approximate surface area is 82.8 Å². The smallest absolute Gasteiger partial charge is 0.311 e. The number of fused-ring (bicyclic) bond motifs is 1. The summed E-state index contributed by atoms with van der Waals surface area (Å²) in [6, 6.07) is 0.451. The number of carbonyl (C=O) groups excluding carboxylic acids is 2. The van der Waals surface area contributed by atoms with Crippen molar-refractivity contribution in [2.45, 2.75) is 18.9 Å². The van der Waals surface area contributed by atoms with Crippen molar-refractivity contribution in [1.29, 1.82) is 0 Å². The average molecular weight is 197 g/mol. The Morgan fingerprint density at radius 1 is 1.21 bits per heavy atom. The third-order valence-electron chi connectivity index (χ3n) is 3.09. The quantitative estimate of drug-likeness (QED) is 0.495. The molecule has 0 radical (unpaired) electrons. The van der Waals surface area contributed by atoms with Gasteiger partial charge in [0.15, 0.2) is 0 Å². The first kappa shape index (κ1) is 9.45. The molecule has 0 aromatic rings. The van der Waals surface area contributed by atoms with E-state index in [2.05, 4.69) is 4.90 Å². The molecule has 2 aliphatic rings. The molecule has 0 spiro atoms. The topological polar surface area (TPSA) is 66.6 Å². The molecule has 2 fully saturated rings. The fraction of sp³-hybridized carbons (Fsp3) is 0.778. The summed E-state index contributed by atoms with van der Waals surface area (Å²) in [4.78, 5) is 26.0. The van der Waals surface area contributed by atoms with Crippen molar-refractivity contribution < 1.29 is 9.59 Å². The van der Waals surface area contributed by atoms with Crippen LogP contribution in [-0.4, -0.2) is 53.8 Å². The summed E-state index contributed by atoms with van der Waals surface area (Å²) in [6.45, 7) is 3.31. The SMILES string of the molecule is NC(=O)C(=O)N1CCN2CCCC2C1. The number of hydrogen-bond donors (Lipinski definition) is 1. The van der Waals surface area contributed by atoms with Crippen molar-refractivity contribution in [3.8, 4) is 0 Å². The van der Waals surface area contributed by atoms with E-state index in [-0.39, 0.29) is 0 Å². The molecule has 2 N–H and O–H groups in total. The minimum atomic E-state index is -0.837. The van der Waals surface area contributed by atoms with Crippen molar-refractivity contribution in [1.82, 2.24) is 9.80 Å². The van der Waals surface area contributed by atoms with Crippen LogP contribution in [0, 0.1) is 0 Å². The lowest BCUT2D eigenvalue weighted by atomic mass is 10.1. The highest BCUT2D eigenvalue weighted by atomic mass is 16.2. The maximum absolute atomic E-state index is 11.3. The minimum absolute atomic E-state index is 0.451. The highest BCUT2D eigenvalue weighted by Crippen LogP contribution is 2.21. The zero-order chi connectivity index (χ0) is 10.1. The molecular weight excluding hydrogens is 182 g/mol. The van der Waals surface area contributed by atoms with E-state index in [0.29, 0.717) is 19.1 Å². The van der Waals surface area contributed by atoms with Crippen LogP contribution in [0.5, 0.6) is 0 Å². The van der Waals surface area contributed by atoms with Gasteiger partial charge in [0.05, 0.1) is 0 Å². The number of piperazine rings is 1. The second-order valence-electron chi connectivity index (χ2n) is 3.95. The normalized spacial score (nSPS) is 27.4. The average Bonchev–Trinajstić information content (AvgIpc) is 2.62. The molecule has 0 aromatic carbocycles. The monoisotopic (exact) mass is 197 g/mol. The predicted octanol–water partition coefficient (Wildman–Crippen LogP) is -1.22. The van der Waals surface area contributed by atoms with Crippen LogP contribution in [0.25, 0.3) is 0 Å².